The summed E-state index contributed by atoms with van der Waals surface area (Å²) in [5.41, 5.74) is 2.36. The van der Waals surface area contributed by atoms with Crippen LogP contribution in [0.4, 0.5) is 0 Å². The first kappa shape index (κ1) is 7.35. The van der Waals surface area contributed by atoms with Crippen LogP contribution in [0, 0.1) is 6.92 Å². The Balaban J connectivity index is 2.69. The van der Waals surface area contributed by atoms with E-state index >= 15 is 0 Å². The summed E-state index contributed by atoms with van der Waals surface area (Å²) >= 11 is 0. The van der Waals surface area contributed by atoms with Gasteiger partial charge in [0.05, 0.1) is 6.61 Å². The predicted molar refractivity (Wildman–Crippen MR) is 41.7 cm³/mol. The molecule has 0 bridgehead atoms. The fraction of sp³-hybridized carbons (Fsp3) is 0.250. The summed E-state index contributed by atoms with van der Waals surface area (Å²) in [6.07, 6.45) is 0. The molecule has 1 aromatic carbocycles. The van der Waals surface area contributed by atoms with E-state index in [1.54, 1.807) is 0 Å². The molecule has 0 saturated heterocycles. The molecule has 0 saturated carbocycles. The lowest BCUT2D eigenvalue weighted by Crippen LogP contribution is -1.87. The topological polar surface area (TPSA) is 9.23 Å². The minimum atomic E-state index is 0.486. The third-order valence-electron chi connectivity index (χ3n) is 1.37. The minimum absolute atomic E-state index is 0.486. The van der Waals surface area contributed by atoms with Crippen molar-refractivity contribution < 1.29 is 4.65 Å². The van der Waals surface area contributed by atoms with Crippen molar-refractivity contribution in [3.63, 3.8) is 0 Å². The van der Waals surface area contributed by atoms with E-state index in [9.17, 15) is 0 Å². The van der Waals surface area contributed by atoms with Gasteiger partial charge < -0.3 is 4.65 Å². The molecule has 50 valence electrons. The SMILES string of the molecule is [B]OCc1ccc(C)cc1. The summed E-state index contributed by atoms with van der Waals surface area (Å²) in [5.74, 6) is 0. The van der Waals surface area contributed by atoms with Crippen molar-refractivity contribution in [2.45, 2.75) is 13.5 Å². The Hall–Kier alpha value is -0.755. The Kier molecular flexibility index (Phi) is 2.52. The van der Waals surface area contributed by atoms with E-state index in [2.05, 4.69) is 4.65 Å². The highest BCUT2D eigenvalue weighted by Crippen LogP contribution is 2.02. The van der Waals surface area contributed by atoms with Gasteiger partial charge in [-0.25, -0.2) is 0 Å². The van der Waals surface area contributed by atoms with E-state index < -0.39 is 0 Å². The molecule has 0 aromatic heterocycles. The van der Waals surface area contributed by atoms with Gasteiger partial charge in [-0.2, -0.15) is 0 Å². The molecule has 0 N–H and O–H groups in total. The molecular formula is C8H9BO. The van der Waals surface area contributed by atoms with Crippen molar-refractivity contribution in [3.05, 3.63) is 35.4 Å². The summed E-state index contributed by atoms with van der Waals surface area (Å²) in [5, 5.41) is 0. The van der Waals surface area contributed by atoms with E-state index in [-0.39, 0.29) is 0 Å². The highest BCUT2D eigenvalue weighted by molar-refractivity contribution is 5.97. The molecule has 0 amide bonds. The molecule has 1 nitrogen and oxygen atoms in total. The molecule has 0 aliphatic rings. The normalized spacial score (nSPS) is 9.70. The first-order chi connectivity index (χ1) is 4.83. The largest absolute Gasteiger partial charge is 0.444 e. The van der Waals surface area contributed by atoms with Crippen LogP contribution in [-0.4, -0.2) is 8.05 Å². The van der Waals surface area contributed by atoms with E-state index in [4.69, 9.17) is 8.05 Å². The van der Waals surface area contributed by atoms with Gasteiger partial charge in [0.25, 0.3) is 8.05 Å². The number of benzene rings is 1. The smallest absolute Gasteiger partial charge is 0.283 e. The fourth-order valence-electron chi connectivity index (χ4n) is 0.781. The van der Waals surface area contributed by atoms with Gasteiger partial charge >= 0.3 is 0 Å². The average Bonchev–Trinajstić information content (AvgIpc) is 1.95. The van der Waals surface area contributed by atoms with Crippen LogP contribution in [0.15, 0.2) is 24.3 Å². The fourth-order valence-corrected chi connectivity index (χ4v) is 0.781. The zero-order chi connectivity index (χ0) is 7.40. The van der Waals surface area contributed by atoms with Crippen molar-refractivity contribution in [3.8, 4) is 0 Å². The molecule has 0 atom stereocenters. The quantitative estimate of drug-likeness (QED) is 0.555. The Labute approximate surface area is 62.5 Å². The van der Waals surface area contributed by atoms with Gasteiger partial charge in [0.15, 0.2) is 0 Å². The average molecular weight is 132 g/mol. The molecule has 0 aliphatic carbocycles. The highest BCUT2D eigenvalue weighted by Gasteiger charge is 1.87. The third kappa shape index (κ3) is 1.88. The maximum Gasteiger partial charge on any atom is 0.283 e. The molecular weight excluding hydrogens is 123 g/mol. The van der Waals surface area contributed by atoms with Gasteiger partial charge in [-0.15, -0.1) is 0 Å². The van der Waals surface area contributed by atoms with Crippen molar-refractivity contribution in [2.24, 2.45) is 0 Å². The Morgan fingerprint density at radius 3 is 2.40 bits per heavy atom. The van der Waals surface area contributed by atoms with Gasteiger partial charge in [-0.05, 0) is 12.5 Å². The Morgan fingerprint density at radius 1 is 1.30 bits per heavy atom. The minimum Gasteiger partial charge on any atom is -0.444 e. The second-order valence-electron chi connectivity index (χ2n) is 2.30. The molecule has 10 heavy (non-hydrogen) atoms. The lowest BCUT2D eigenvalue weighted by atomic mass is 10.2. The van der Waals surface area contributed by atoms with Gasteiger partial charge in [0.2, 0.25) is 0 Å². The number of hydrogen-bond donors (Lipinski definition) is 0. The summed E-state index contributed by atoms with van der Waals surface area (Å²) in [4.78, 5) is 0. The van der Waals surface area contributed by atoms with Crippen LogP contribution in [0.3, 0.4) is 0 Å². The first-order valence-corrected chi connectivity index (χ1v) is 3.20. The van der Waals surface area contributed by atoms with Gasteiger partial charge in [-0.1, -0.05) is 29.8 Å². The Bertz CT molecular complexity index is 193. The van der Waals surface area contributed by atoms with E-state index in [0.717, 1.165) is 5.56 Å². The summed E-state index contributed by atoms with van der Waals surface area (Å²) in [7, 11) is 4.90. The molecule has 0 heterocycles. The lowest BCUT2D eigenvalue weighted by Gasteiger charge is -1.98. The first-order valence-electron chi connectivity index (χ1n) is 3.20. The molecule has 1 rings (SSSR count). The van der Waals surface area contributed by atoms with Crippen molar-refractivity contribution in [1.29, 1.82) is 0 Å². The summed E-state index contributed by atoms with van der Waals surface area (Å²) in [6, 6.07) is 8.08. The number of hydrogen-bond acceptors (Lipinski definition) is 1. The molecule has 0 fully saturated rings. The molecule has 0 spiro atoms. The maximum absolute atomic E-state index is 4.90. The number of aryl methyl sites for hydroxylation is 1. The molecule has 1 aromatic rings. The third-order valence-corrected chi connectivity index (χ3v) is 1.37. The van der Waals surface area contributed by atoms with Crippen LogP contribution in [0.2, 0.25) is 0 Å². The second-order valence-corrected chi connectivity index (χ2v) is 2.30. The van der Waals surface area contributed by atoms with E-state index in [1.807, 2.05) is 31.2 Å². The van der Waals surface area contributed by atoms with Crippen molar-refractivity contribution >= 4 is 8.05 Å². The van der Waals surface area contributed by atoms with Crippen LogP contribution < -0.4 is 0 Å². The number of rotatable bonds is 2. The molecule has 2 heteroatoms. The molecule has 0 aliphatic heterocycles. The van der Waals surface area contributed by atoms with E-state index in [0.29, 0.717) is 6.61 Å². The van der Waals surface area contributed by atoms with Crippen LogP contribution in [0.5, 0.6) is 0 Å². The van der Waals surface area contributed by atoms with Crippen molar-refractivity contribution in [2.75, 3.05) is 0 Å². The predicted octanol–water partition coefficient (Wildman–Crippen LogP) is 1.60. The maximum atomic E-state index is 4.90. The van der Waals surface area contributed by atoms with Crippen LogP contribution in [0.1, 0.15) is 11.1 Å². The van der Waals surface area contributed by atoms with Gasteiger partial charge in [-0.3, -0.25) is 0 Å². The standard InChI is InChI=1S/C8H9BO/c1-7-2-4-8(5-3-7)6-10-9/h2-5H,6H2,1H3. The zero-order valence-electron chi connectivity index (χ0n) is 6.00. The van der Waals surface area contributed by atoms with Gasteiger partial charge in [0, 0.05) is 0 Å². The monoisotopic (exact) mass is 132 g/mol. The van der Waals surface area contributed by atoms with Crippen LogP contribution >= 0.6 is 0 Å². The lowest BCUT2D eigenvalue weighted by molar-refractivity contribution is 0.338. The molecule has 2 radical (unpaired) electrons. The van der Waals surface area contributed by atoms with E-state index in [1.165, 1.54) is 5.56 Å². The summed E-state index contributed by atoms with van der Waals surface area (Å²) in [6.45, 7) is 2.54. The zero-order valence-corrected chi connectivity index (χ0v) is 6.00. The summed E-state index contributed by atoms with van der Waals surface area (Å²) < 4.78 is 4.47. The van der Waals surface area contributed by atoms with Crippen LogP contribution in [0.25, 0.3) is 0 Å². The van der Waals surface area contributed by atoms with Gasteiger partial charge in [0.1, 0.15) is 0 Å². The second kappa shape index (κ2) is 3.42. The molecule has 0 unspecified atom stereocenters. The van der Waals surface area contributed by atoms with Crippen LogP contribution in [-0.2, 0) is 11.3 Å². The Morgan fingerprint density at radius 2 is 1.90 bits per heavy atom. The highest BCUT2D eigenvalue weighted by atomic mass is 16.4. The van der Waals surface area contributed by atoms with Crippen molar-refractivity contribution in [1.82, 2.24) is 0 Å².